The van der Waals surface area contributed by atoms with Crippen LogP contribution in [0.2, 0.25) is 0 Å². The average Bonchev–Trinajstić information content (AvgIpc) is 3.71. The van der Waals surface area contributed by atoms with Crippen LogP contribution in [-0.4, -0.2) is 206 Å². The van der Waals surface area contributed by atoms with E-state index in [0.29, 0.717) is 9.80 Å². The van der Waals surface area contributed by atoms with Crippen LogP contribution in [0.15, 0.2) is 18.2 Å². The first-order valence-corrected chi connectivity index (χ1v) is 20.2. The van der Waals surface area contributed by atoms with E-state index in [9.17, 15) is 84.6 Å². The summed E-state index contributed by atoms with van der Waals surface area (Å²) >= 11 is -0.0470. The fraction of sp³-hybridized carbons (Fsp3) is 0.629. The highest BCUT2D eigenvalue weighted by atomic mass is 32.2. The van der Waals surface area contributed by atoms with Crippen LogP contribution in [0.5, 0.6) is 11.5 Å². The molecule has 0 radical (unpaired) electrons. The third kappa shape index (κ3) is 12.2. The van der Waals surface area contributed by atoms with Gasteiger partial charge in [-0.2, -0.15) is 0 Å². The van der Waals surface area contributed by atoms with Gasteiger partial charge < -0.3 is 97.8 Å². The Hall–Kier alpha value is -5.06. The minimum atomic E-state index is -2.59. The lowest BCUT2D eigenvalue weighted by molar-refractivity contribution is -0.433. The van der Waals surface area contributed by atoms with Gasteiger partial charge in [-0.1, -0.05) is 22.4 Å². The van der Waals surface area contributed by atoms with Gasteiger partial charge in [0.25, 0.3) is 12.3 Å². The summed E-state index contributed by atoms with van der Waals surface area (Å²) in [4.78, 5) is 96.8. The Labute approximate surface area is 371 Å². The molecule has 3 aliphatic rings. The summed E-state index contributed by atoms with van der Waals surface area (Å²) in [5.74, 6) is -12.0. The smallest absolute Gasteiger partial charge is 0.261 e. The largest absolute Gasteiger partial charge is 0.504 e. The monoisotopic (exact) mass is 952 g/mol. The third-order valence-corrected chi connectivity index (χ3v) is 11.3. The average molecular weight is 953 g/mol. The van der Waals surface area contributed by atoms with Crippen molar-refractivity contribution in [3.8, 4) is 11.5 Å². The molecule has 0 aliphatic carbocycles. The highest BCUT2D eigenvalue weighted by molar-refractivity contribution is 7.90. The Morgan fingerprint density at radius 1 is 0.815 bits per heavy atom. The quantitative estimate of drug-likeness (QED) is 0.0424. The molecule has 30 heteroatoms. The molecule has 29 nitrogen and oxygen atoms in total. The first-order chi connectivity index (χ1) is 30.4. The highest BCUT2D eigenvalue weighted by Crippen LogP contribution is 2.34. The maximum atomic E-state index is 14.4. The van der Waals surface area contributed by atoms with E-state index in [0.717, 1.165) is 25.1 Å². The molecule has 16 unspecified atom stereocenters. The fourth-order valence-electron chi connectivity index (χ4n) is 7.38. The van der Waals surface area contributed by atoms with Gasteiger partial charge >= 0.3 is 0 Å². The number of benzene rings is 1. The van der Waals surface area contributed by atoms with Gasteiger partial charge in [0.1, 0.15) is 54.6 Å². The lowest BCUT2D eigenvalue weighted by atomic mass is 9.96. The summed E-state index contributed by atoms with van der Waals surface area (Å²) < 4.78 is 9.05. The fourth-order valence-corrected chi connectivity index (χ4v) is 7.64. The Morgan fingerprint density at radius 2 is 1.38 bits per heavy atom. The minimum Gasteiger partial charge on any atom is -0.504 e. The molecule has 1 aromatic carbocycles. The number of aliphatic hydroxyl groups is 9. The van der Waals surface area contributed by atoms with Crippen LogP contribution >= 0.6 is 12.3 Å². The number of hydrogen-bond acceptors (Lipinski definition) is 23. The SMILES string of the molecule is CC(O)C1NC(=O)C(N)CC(O)C(O)NC(=O)C2C(O)C(C)CN2C(=O)C(C(O)CC(N)=O)NC(=O)C(C(O)C(O)c2ccc(O)c(OSOOO)c2)NC(=O)C2C(O)C(O)CN2C1=O. The van der Waals surface area contributed by atoms with Gasteiger partial charge in [0.05, 0.1) is 43.4 Å². The van der Waals surface area contributed by atoms with Crippen molar-refractivity contribution < 1.29 is 103 Å². The molecule has 0 aromatic heterocycles. The van der Waals surface area contributed by atoms with Crippen molar-refractivity contribution in [1.82, 2.24) is 31.1 Å². The van der Waals surface area contributed by atoms with E-state index in [2.05, 4.69) is 14.7 Å². The van der Waals surface area contributed by atoms with Gasteiger partial charge in [0, 0.05) is 18.9 Å². The number of phenolic OH excluding ortho intramolecular Hbond substituents is 1. The van der Waals surface area contributed by atoms with Crippen LogP contribution in [0.3, 0.4) is 0 Å². The number of fused-ring (bicyclic) bond motifs is 2. The van der Waals surface area contributed by atoms with E-state index in [-0.39, 0.29) is 12.3 Å². The van der Waals surface area contributed by atoms with Crippen LogP contribution in [0.4, 0.5) is 0 Å². The first-order valence-electron chi connectivity index (χ1n) is 19.5. The molecule has 0 spiro atoms. The molecule has 7 amide bonds. The number of rotatable bonds is 11. The lowest BCUT2D eigenvalue weighted by Crippen LogP contribution is -2.65. The highest BCUT2D eigenvalue weighted by Gasteiger charge is 2.52. The minimum absolute atomic E-state index is 0.0470. The Morgan fingerprint density at radius 3 is 2.00 bits per heavy atom. The third-order valence-electron chi connectivity index (χ3n) is 10.9. The summed E-state index contributed by atoms with van der Waals surface area (Å²) in [5, 5.41) is 129. The molecular weight excluding hydrogens is 900 g/mol. The van der Waals surface area contributed by atoms with Crippen molar-refractivity contribution in [2.24, 2.45) is 17.4 Å². The molecule has 19 N–H and O–H groups in total. The number of carbonyl (C=O) groups excluding carboxylic acids is 7. The normalized spacial score (nSPS) is 33.0. The molecular formula is C35H52N8O21S. The second-order valence-electron chi connectivity index (χ2n) is 15.7. The van der Waals surface area contributed by atoms with Gasteiger partial charge in [-0.3, -0.25) is 33.6 Å². The van der Waals surface area contributed by atoms with E-state index < -0.39 is 182 Å². The van der Waals surface area contributed by atoms with E-state index in [1.807, 2.05) is 16.0 Å². The van der Waals surface area contributed by atoms with Crippen LogP contribution in [0, 0.1) is 5.92 Å². The van der Waals surface area contributed by atoms with Crippen molar-refractivity contribution in [3.05, 3.63) is 23.8 Å². The van der Waals surface area contributed by atoms with E-state index in [4.69, 9.17) is 20.9 Å². The van der Waals surface area contributed by atoms with E-state index >= 15 is 0 Å². The Bertz CT molecular complexity index is 1920. The van der Waals surface area contributed by atoms with Gasteiger partial charge in [-0.15, -0.1) is 0 Å². The molecule has 0 saturated carbocycles. The molecule has 65 heavy (non-hydrogen) atoms. The summed E-state index contributed by atoms with van der Waals surface area (Å²) in [6.07, 6.45) is -21.1. The van der Waals surface area contributed by atoms with Gasteiger partial charge in [0.15, 0.2) is 17.7 Å². The lowest BCUT2D eigenvalue weighted by Gasteiger charge is -2.34. The van der Waals surface area contributed by atoms with Crippen molar-refractivity contribution >= 4 is 53.7 Å². The van der Waals surface area contributed by atoms with Gasteiger partial charge in [-0.25, -0.2) is 5.26 Å². The number of hydrogen-bond donors (Lipinski definition) is 17. The standard InChI is InChI=1S/C35H52N8O21S/c1-10-8-42-23(25(10)50)33(58)41-30(55)16(47)6-13(36)29(54)38-20(11(2)44)34(59)43-9-17(48)27(52)24(43)32(57)40-22(31(56)39-21(35(42)60)15(46)7-19(37)49)28(53)26(51)12-3-4-14(45)18(5-12)62-65-64-63-61/h3-5,10-11,13,15-17,20-28,30,44-48,50-53,55,61H,6-9,36H2,1-2H3,(H2,37,49)(H,38,54)(H,39,56)(H,40,57)(H,41,58). The molecule has 364 valence electrons. The summed E-state index contributed by atoms with van der Waals surface area (Å²) in [6.45, 7) is 1.01. The van der Waals surface area contributed by atoms with Gasteiger partial charge in [0.2, 0.25) is 41.4 Å². The molecule has 3 saturated heterocycles. The number of aliphatic hydroxyl groups excluding tert-OH is 9. The molecule has 16 atom stereocenters. The van der Waals surface area contributed by atoms with Crippen LogP contribution in [0.1, 0.15) is 38.4 Å². The first kappa shape index (κ1) is 52.6. The maximum absolute atomic E-state index is 14.4. The van der Waals surface area contributed by atoms with Crippen molar-refractivity contribution in [1.29, 1.82) is 0 Å². The van der Waals surface area contributed by atoms with Crippen molar-refractivity contribution in [3.63, 3.8) is 0 Å². The molecule has 4 rings (SSSR count). The second-order valence-corrected chi connectivity index (χ2v) is 16.1. The second kappa shape index (κ2) is 22.4. The predicted molar refractivity (Wildman–Crippen MR) is 210 cm³/mol. The van der Waals surface area contributed by atoms with Crippen molar-refractivity contribution in [2.45, 2.75) is 118 Å². The zero-order valence-corrected chi connectivity index (χ0v) is 35.1. The Kier molecular flexibility index (Phi) is 18.1. The van der Waals surface area contributed by atoms with Crippen LogP contribution < -0.4 is 36.9 Å². The predicted octanol–water partition coefficient (Wildman–Crippen LogP) is -9.11. The molecule has 3 fully saturated rings. The Balaban J connectivity index is 1.88. The van der Waals surface area contributed by atoms with Gasteiger partial charge in [-0.05, 0) is 24.6 Å². The topological polar surface area (TPSA) is 476 Å². The zero-order valence-electron chi connectivity index (χ0n) is 34.3. The number of nitrogens with two attached hydrogens (primary N) is 2. The summed E-state index contributed by atoms with van der Waals surface area (Å²) in [7, 11) is 0. The van der Waals surface area contributed by atoms with Crippen LogP contribution in [0.25, 0.3) is 0 Å². The van der Waals surface area contributed by atoms with Crippen LogP contribution in [-0.2, 0) is 42.9 Å². The van der Waals surface area contributed by atoms with Crippen molar-refractivity contribution in [2.75, 3.05) is 13.1 Å². The zero-order chi connectivity index (χ0) is 48.8. The number of aromatic hydroxyl groups is 1. The summed E-state index contributed by atoms with van der Waals surface area (Å²) in [5.41, 5.74) is 10.8. The molecule has 0 bridgehead atoms. The number of amides is 7. The number of nitrogens with one attached hydrogen (secondary N) is 4. The number of carbonyl (C=O) groups is 7. The number of primary amides is 1. The molecule has 3 heterocycles. The number of nitrogens with zero attached hydrogens (tertiary/aromatic N) is 2. The number of phenols is 1. The van der Waals surface area contributed by atoms with E-state index in [1.54, 1.807) is 0 Å². The molecule has 3 aliphatic heterocycles. The maximum Gasteiger partial charge on any atom is 0.261 e. The van der Waals surface area contributed by atoms with E-state index in [1.165, 1.54) is 6.92 Å². The molecule has 1 aromatic rings. The summed E-state index contributed by atoms with van der Waals surface area (Å²) in [6, 6.07) is -10.2.